The van der Waals surface area contributed by atoms with Crippen molar-refractivity contribution in [3.05, 3.63) is 60.8 Å². The molecule has 0 spiro atoms. The van der Waals surface area contributed by atoms with Crippen molar-refractivity contribution in [2.45, 2.75) is 255 Å². The van der Waals surface area contributed by atoms with E-state index in [2.05, 4.69) is 74.6 Å². The van der Waals surface area contributed by atoms with E-state index in [1.54, 1.807) is 0 Å². The van der Waals surface area contributed by atoms with Crippen molar-refractivity contribution < 1.29 is 69.0 Å². The predicted molar refractivity (Wildman–Crippen MR) is 275 cm³/mol. The summed E-state index contributed by atoms with van der Waals surface area (Å²) in [4.78, 5) is 13.0. The third-order valence-corrected chi connectivity index (χ3v) is 12.7. The molecule has 2 aliphatic heterocycles. The van der Waals surface area contributed by atoms with E-state index in [-0.39, 0.29) is 25.6 Å². The van der Waals surface area contributed by atoms with Gasteiger partial charge in [-0.1, -0.05) is 171 Å². The quantitative estimate of drug-likeness (QED) is 0.0173. The fraction of sp³-hybridized carbons (Fsp3) is 0.804. The monoisotopic (exact) mass is 995 g/mol. The van der Waals surface area contributed by atoms with Gasteiger partial charge in [0.1, 0.15) is 54.9 Å². The van der Waals surface area contributed by atoms with Crippen LogP contribution >= 0.6 is 0 Å². The van der Waals surface area contributed by atoms with Crippen LogP contribution < -0.4 is 0 Å². The molecule has 0 aromatic heterocycles. The number of carbonyl (C=O) groups excluding carboxylic acids is 1. The Morgan fingerprint density at radius 2 is 0.929 bits per heavy atom. The average molecular weight is 995 g/mol. The normalized spacial score (nSPS) is 26.0. The lowest BCUT2D eigenvalue weighted by Gasteiger charge is -2.42. The molecule has 70 heavy (non-hydrogen) atoms. The minimum Gasteiger partial charge on any atom is -0.457 e. The number of hydrogen-bond donors (Lipinski definition) is 7. The van der Waals surface area contributed by atoms with Crippen molar-refractivity contribution in [3.63, 3.8) is 0 Å². The third-order valence-electron chi connectivity index (χ3n) is 12.7. The summed E-state index contributed by atoms with van der Waals surface area (Å²) in [6.07, 6.45) is 35.8. The first kappa shape index (κ1) is 63.8. The van der Waals surface area contributed by atoms with Crippen LogP contribution in [0, 0.1) is 0 Å². The average Bonchev–Trinajstić information content (AvgIpc) is 3.36. The van der Waals surface area contributed by atoms with Crippen LogP contribution in [0.1, 0.15) is 187 Å². The van der Waals surface area contributed by atoms with Crippen LogP contribution in [0.5, 0.6) is 0 Å². The molecular formula is C56H98O14. The second-order valence-electron chi connectivity index (χ2n) is 19.0. The molecule has 2 rings (SSSR count). The van der Waals surface area contributed by atoms with E-state index in [1.807, 2.05) is 0 Å². The maximum Gasteiger partial charge on any atom is 0.306 e. The minimum atomic E-state index is -1.71. The zero-order chi connectivity index (χ0) is 50.9. The maximum atomic E-state index is 13.0. The second-order valence-corrected chi connectivity index (χ2v) is 19.0. The molecule has 14 nitrogen and oxygen atoms in total. The van der Waals surface area contributed by atoms with Crippen LogP contribution in [-0.2, 0) is 33.2 Å². The molecular weight excluding hydrogens is 897 g/mol. The van der Waals surface area contributed by atoms with E-state index in [9.17, 15) is 40.5 Å². The number of unbranched alkanes of at least 4 members (excludes halogenated alkanes) is 19. The number of ether oxygens (including phenoxy) is 6. The first-order chi connectivity index (χ1) is 34.1. The number of aliphatic hydroxyl groups excluding tert-OH is 7. The third kappa shape index (κ3) is 30.0. The van der Waals surface area contributed by atoms with Gasteiger partial charge in [0.25, 0.3) is 0 Å². The summed E-state index contributed by atoms with van der Waals surface area (Å²) in [6, 6.07) is 0. The molecule has 0 aromatic rings. The zero-order valence-corrected chi connectivity index (χ0v) is 43.2. The molecule has 0 radical (unpaired) electrons. The Balaban J connectivity index is 1.68. The highest BCUT2D eigenvalue weighted by molar-refractivity contribution is 5.69. The highest BCUT2D eigenvalue weighted by atomic mass is 16.7. The number of rotatable bonds is 43. The van der Waals surface area contributed by atoms with Crippen molar-refractivity contribution in [2.75, 3.05) is 33.0 Å². The summed E-state index contributed by atoms with van der Waals surface area (Å²) in [6.45, 7) is 3.50. The second kappa shape index (κ2) is 43.1. The highest BCUT2D eigenvalue weighted by Gasteiger charge is 2.47. The van der Waals surface area contributed by atoms with E-state index < -0.39 is 80.7 Å². The van der Waals surface area contributed by atoms with Crippen LogP contribution in [0.4, 0.5) is 0 Å². The van der Waals surface area contributed by atoms with Crippen molar-refractivity contribution >= 4 is 5.97 Å². The van der Waals surface area contributed by atoms with Crippen LogP contribution in [0.25, 0.3) is 0 Å². The number of carbonyl (C=O) groups is 1. The summed E-state index contributed by atoms with van der Waals surface area (Å²) >= 11 is 0. The van der Waals surface area contributed by atoms with Gasteiger partial charge in [0.05, 0.1) is 26.4 Å². The molecule has 0 aromatic carbocycles. The summed E-state index contributed by atoms with van der Waals surface area (Å²) in [7, 11) is 0. The van der Waals surface area contributed by atoms with Crippen LogP contribution in [0.2, 0.25) is 0 Å². The molecule has 2 saturated heterocycles. The number of aliphatic hydroxyl groups is 7. The first-order valence-corrected chi connectivity index (χ1v) is 27.4. The Morgan fingerprint density at radius 1 is 0.486 bits per heavy atom. The van der Waals surface area contributed by atoms with Crippen molar-refractivity contribution in [3.8, 4) is 0 Å². The molecule has 11 atom stereocenters. The van der Waals surface area contributed by atoms with Crippen molar-refractivity contribution in [1.29, 1.82) is 0 Å². The van der Waals surface area contributed by atoms with E-state index in [0.717, 1.165) is 83.5 Å². The van der Waals surface area contributed by atoms with E-state index in [4.69, 9.17) is 28.4 Å². The summed E-state index contributed by atoms with van der Waals surface area (Å²) in [5.74, 6) is -0.383. The van der Waals surface area contributed by atoms with Gasteiger partial charge in [-0.15, -0.1) is 0 Å². The molecule has 0 amide bonds. The fourth-order valence-corrected chi connectivity index (χ4v) is 8.34. The van der Waals surface area contributed by atoms with Gasteiger partial charge in [-0.05, 0) is 70.6 Å². The zero-order valence-electron chi connectivity index (χ0n) is 43.2. The minimum absolute atomic E-state index is 0.0551. The standard InChI is InChI=1S/C56H98O14/c1-3-5-7-9-11-13-15-16-17-18-19-20-21-22-23-24-25-26-27-28-29-31-33-35-37-39-48(58)68-45(42-65-40-38-36-34-32-30-14-12-10-8-6-4-2)43-66-55-54(64)52(62)50(60)47(70-55)44-67-56-53(63)51(61)49(59)46(41-57)69-56/h5,7-8,10-11,13,16-17,19-20,45-47,49-57,59-64H,3-4,6,9,12,14-15,18,21-44H2,1-2H3/b7-5-,10-8-,13-11-,17-16-,20-19-. The molecule has 2 aliphatic rings. The lowest BCUT2D eigenvalue weighted by atomic mass is 9.98. The van der Waals surface area contributed by atoms with Gasteiger partial charge < -0.3 is 64.2 Å². The Morgan fingerprint density at radius 3 is 1.47 bits per heavy atom. The maximum absolute atomic E-state index is 13.0. The van der Waals surface area contributed by atoms with Gasteiger partial charge >= 0.3 is 5.97 Å². The van der Waals surface area contributed by atoms with Gasteiger partial charge in [0.2, 0.25) is 0 Å². The molecule has 11 unspecified atom stereocenters. The van der Waals surface area contributed by atoms with Gasteiger partial charge in [-0.25, -0.2) is 0 Å². The number of hydrogen-bond acceptors (Lipinski definition) is 14. The molecule has 406 valence electrons. The van der Waals surface area contributed by atoms with Gasteiger partial charge in [0, 0.05) is 13.0 Å². The SMILES string of the molecule is CC/C=C\C/C=C\C/C=C\C/C=C\CCCCCCCCCCCCCCC(=O)OC(COCCCCCCCC/C=C\CCC)COC1OC(COC2OC(CO)C(O)C(O)C2O)C(O)C(O)C1O. The predicted octanol–water partition coefficient (Wildman–Crippen LogP) is 8.91. The Hall–Kier alpha value is -2.31. The van der Waals surface area contributed by atoms with Crippen LogP contribution in [0.3, 0.4) is 0 Å². The molecule has 2 fully saturated rings. The number of allylic oxidation sites excluding steroid dienone is 10. The fourth-order valence-electron chi connectivity index (χ4n) is 8.34. The largest absolute Gasteiger partial charge is 0.457 e. The molecule has 2 heterocycles. The van der Waals surface area contributed by atoms with Gasteiger partial charge in [0.15, 0.2) is 12.6 Å². The Kier molecular flexibility index (Phi) is 39.3. The number of esters is 1. The Bertz CT molecular complexity index is 1390. The highest BCUT2D eigenvalue weighted by Crippen LogP contribution is 2.26. The van der Waals surface area contributed by atoms with E-state index >= 15 is 0 Å². The summed E-state index contributed by atoms with van der Waals surface area (Å²) in [5, 5.41) is 72.2. The molecule has 0 aliphatic carbocycles. The van der Waals surface area contributed by atoms with Crippen LogP contribution in [-0.4, -0.2) is 142 Å². The van der Waals surface area contributed by atoms with E-state index in [0.29, 0.717) is 13.0 Å². The van der Waals surface area contributed by atoms with E-state index in [1.165, 1.54) is 77.0 Å². The lowest BCUT2D eigenvalue weighted by Crippen LogP contribution is -2.61. The molecule has 14 heteroatoms. The lowest BCUT2D eigenvalue weighted by molar-refractivity contribution is -0.332. The van der Waals surface area contributed by atoms with Crippen molar-refractivity contribution in [2.24, 2.45) is 0 Å². The summed E-state index contributed by atoms with van der Waals surface area (Å²) in [5.41, 5.74) is 0. The topological polar surface area (TPSA) is 214 Å². The molecule has 0 bridgehead atoms. The Labute approximate surface area is 422 Å². The smallest absolute Gasteiger partial charge is 0.306 e. The van der Waals surface area contributed by atoms with Crippen molar-refractivity contribution in [1.82, 2.24) is 0 Å². The van der Waals surface area contributed by atoms with Gasteiger partial charge in [-0.2, -0.15) is 0 Å². The summed E-state index contributed by atoms with van der Waals surface area (Å²) < 4.78 is 34.3. The molecule has 7 N–H and O–H groups in total. The van der Waals surface area contributed by atoms with Gasteiger partial charge in [-0.3, -0.25) is 4.79 Å². The molecule has 0 saturated carbocycles. The van der Waals surface area contributed by atoms with Crippen LogP contribution in [0.15, 0.2) is 60.8 Å². The first-order valence-electron chi connectivity index (χ1n) is 27.4.